The molecule has 0 unspecified atom stereocenters. The van der Waals surface area contributed by atoms with E-state index in [0.29, 0.717) is 5.92 Å². The highest BCUT2D eigenvalue weighted by Gasteiger charge is 2.09. The van der Waals surface area contributed by atoms with Crippen LogP contribution in [0, 0.1) is 5.92 Å². The third-order valence-corrected chi connectivity index (χ3v) is 2.94. The fourth-order valence-electron chi connectivity index (χ4n) is 2.03. The van der Waals surface area contributed by atoms with E-state index < -0.39 is 0 Å². The van der Waals surface area contributed by atoms with Gasteiger partial charge in [0.1, 0.15) is 5.82 Å². The molecule has 1 heterocycles. The van der Waals surface area contributed by atoms with Gasteiger partial charge in [0.05, 0.1) is 5.69 Å². The Labute approximate surface area is 117 Å². The molecule has 0 radical (unpaired) electrons. The minimum absolute atomic E-state index is 0.676. The maximum absolute atomic E-state index is 4.60. The van der Waals surface area contributed by atoms with E-state index in [1.807, 2.05) is 13.1 Å². The van der Waals surface area contributed by atoms with E-state index in [4.69, 9.17) is 0 Å². The topological polar surface area (TPSA) is 31.4 Å². The highest BCUT2D eigenvalue weighted by Crippen LogP contribution is 2.08. The first kappa shape index (κ1) is 15.9. The summed E-state index contributed by atoms with van der Waals surface area (Å²) in [4.78, 5) is 9.30. The lowest BCUT2D eigenvalue weighted by molar-refractivity contribution is 0.210. The lowest BCUT2D eigenvalue weighted by Crippen LogP contribution is -2.34. The first-order valence-electron chi connectivity index (χ1n) is 7.02. The molecule has 0 fully saturated rings. The minimum Gasteiger partial charge on any atom is -0.373 e. The number of nitrogens with one attached hydrogen (secondary N) is 1. The molecule has 1 N–H and O–H groups in total. The summed E-state index contributed by atoms with van der Waals surface area (Å²) in [6, 6.07) is 6.16. The van der Waals surface area contributed by atoms with Crippen molar-refractivity contribution in [3.63, 3.8) is 0 Å². The van der Waals surface area contributed by atoms with Crippen molar-refractivity contribution in [1.29, 1.82) is 0 Å². The van der Waals surface area contributed by atoms with E-state index in [1.54, 1.807) is 0 Å². The van der Waals surface area contributed by atoms with Gasteiger partial charge in [0.2, 0.25) is 0 Å². The summed E-state index contributed by atoms with van der Waals surface area (Å²) in [6.07, 6.45) is 0. The number of anilines is 1. The van der Waals surface area contributed by atoms with Crippen LogP contribution < -0.4 is 5.32 Å². The lowest BCUT2D eigenvalue weighted by atomic mass is 10.2. The number of rotatable bonds is 8. The zero-order valence-corrected chi connectivity index (χ0v) is 13.0. The molecule has 108 valence electrons. The van der Waals surface area contributed by atoms with Gasteiger partial charge in [-0.1, -0.05) is 19.9 Å². The Morgan fingerprint density at radius 1 is 1.21 bits per heavy atom. The second-order valence-corrected chi connectivity index (χ2v) is 5.70. The summed E-state index contributed by atoms with van der Waals surface area (Å²) in [5.74, 6) is 1.62. The minimum atomic E-state index is 0.676. The average molecular weight is 264 g/mol. The van der Waals surface area contributed by atoms with Gasteiger partial charge in [0, 0.05) is 33.2 Å². The van der Waals surface area contributed by atoms with Crippen LogP contribution in [0.5, 0.6) is 0 Å². The van der Waals surface area contributed by atoms with Gasteiger partial charge < -0.3 is 10.2 Å². The lowest BCUT2D eigenvalue weighted by Gasteiger charge is -2.25. The Bertz CT molecular complexity index is 363. The standard InChI is InChI=1S/C15H28N4/c1-13(2)11-19(10-9-18(4)5)12-14-7-6-8-15(16-3)17-14/h6-8,13H,9-12H2,1-5H3,(H,16,17). The number of likely N-dealkylation sites (N-methyl/N-ethyl adjacent to an activating group) is 1. The fourth-order valence-corrected chi connectivity index (χ4v) is 2.03. The van der Waals surface area contributed by atoms with Crippen molar-refractivity contribution in [3.05, 3.63) is 23.9 Å². The third-order valence-electron chi connectivity index (χ3n) is 2.94. The predicted octanol–water partition coefficient (Wildman–Crippen LogP) is 2.14. The molecule has 0 saturated heterocycles. The molecule has 19 heavy (non-hydrogen) atoms. The molecule has 1 aromatic rings. The molecule has 0 saturated carbocycles. The molecule has 0 aliphatic rings. The van der Waals surface area contributed by atoms with E-state index >= 15 is 0 Å². The van der Waals surface area contributed by atoms with Crippen LogP contribution >= 0.6 is 0 Å². The molecule has 0 aliphatic heterocycles. The molecule has 0 amide bonds. The van der Waals surface area contributed by atoms with Crippen molar-refractivity contribution in [2.45, 2.75) is 20.4 Å². The Morgan fingerprint density at radius 3 is 2.53 bits per heavy atom. The fraction of sp³-hybridized carbons (Fsp3) is 0.667. The highest BCUT2D eigenvalue weighted by molar-refractivity contribution is 5.34. The van der Waals surface area contributed by atoms with Gasteiger partial charge in [-0.2, -0.15) is 0 Å². The molecule has 0 aromatic carbocycles. The number of nitrogens with zero attached hydrogens (tertiary/aromatic N) is 3. The zero-order chi connectivity index (χ0) is 14.3. The van der Waals surface area contributed by atoms with E-state index in [0.717, 1.165) is 37.7 Å². The maximum Gasteiger partial charge on any atom is 0.126 e. The van der Waals surface area contributed by atoms with Gasteiger partial charge in [-0.05, 0) is 32.1 Å². The van der Waals surface area contributed by atoms with Crippen LogP contribution in [0.3, 0.4) is 0 Å². The van der Waals surface area contributed by atoms with Gasteiger partial charge in [-0.25, -0.2) is 4.98 Å². The van der Waals surface area contributed by atoms with Crippen LogP contribution in [-0.2, 0) is 6.54 Å². The summed E-state index contributed by atoms with van der Waals surface area (Å²) in [7, 11) is 6.14. The number of hydrogen-bond donors (Lipinski definition) is 1. The van der Waals surface area contributed by atoms with Crippen LogP contribution in [0.1, 0.15) is 19.5 Å². The Morgan fingerprint density at radius 2 is 1.95 bits per heavy atom. The quantitative estimate of drug-likeness (QED) is 0.779. The smallest absolute Gasteiger partial charge is 0.126 e. The van der Waals surface area contributed by atoms with Crippen molar-refractivity contribution in [2.24, 2.45) is 5.92 Å². The molecule has 4 nitrogen and oxygen atoms in total. The third kappa shape index (κ3) is 6.55. The van der Waals surface area contributed by atoms with E-state index in [1.165, 1.54) is 0 Å². The van der Waals surface area contributed by atoms with Crippen molar-refractivity contribution < 1.29 is 0 Å². The molecule has 0 bridgehead atoms. The van der Waals surface area contributed by atoms with Crippen molar-refractivity contribution in [2.75, 3.05) is 46.1 Å². The first-order chi connectivity index (χ1) is 9.01. The largest absolute Gasteiger partial charge is 0.373 e. The molecule has 0 atom stereocenters. The summed E-state index contributed by atoms with van der Waals surface area (Å²) in [6.45, 7) is 8.72. The van der Waals surface area contributed by atoms with Crippen LogP contribution in [0.2, 0.25) is 0 Å². The van der Waals surface area contributed by atoms with Crippen LogP contribution in [0.15, 0.2) is 18.2 Å². The van der Waals surface area contributed by atoms with Gasteiger partial charge in [-0.3, -0.25) is 4.90 Å². The molecular weight excluding hydrogens is 236 g/mol. The summed E-state index contributed by atoms with van der Waals surface area (Å²) < 4.78 is 0. The summed E-state index contributed by atoms with van der Waals surface area (Å²) >= 11 is 0. The summed E-state index contributed by atoms with van der Waals surface area (Å²) in [5.41, 5.74) is 1.13. The number of hydrogen-bond acceptors (Lipinski definition) is 4. The normalized spacial score (nSPS) is 11.6. The van der Waals surface area contributed by atoms with Gasteiger partial charge in [0.25, 0.3) is 0 Å². The Kier molecular flexibility index (Phi) is 6.81. The van der Waals surface area contributed by atoms with Crippen LogP contribution in [0.25, 0.3) is 0 Å². The van der Waals surface area contributed by atoms with E-state index in [9.17, 15) is 0 Å². The Balaban J connectivity index is 2.63. The SMILES string of the molecule is CNc1cccc(CN(CCN(C)C)CC(C)C)n1. The van der Waals surface area contributed by atoms with Crippen molar-refractivity contribution >= 4 is 5.82 Å². The molecular formula is C15H28N4. The highest BCUT2D eigenvalue weighted by atomic mass is 15.2. The number of aromatic nitrogens is 1. The molecule has 1 aromatic heterocycles. The van der Waals surface area contributed by atoms with Gasteiger partial charge in [0.15, 0.2) is 0 Å². The second kappa shape index (κ2) is 8.12. The molecule has 0 aliphatic carbocycles. The van der Waals surface area contributed by atoms with Crippen molar-refractivity contribution in [1.82, 2.24) is 14.8 Å². The second-order valence-electron chi connectivity index (χ2n) is 5.70. The molecule has 1 rings (SSSR count). The van der Waals surface area contributed by atoms with Crippen LogP contribution in [-0.4, -0.2) is 55.6 Å². The van der Waals surface area contributed by atoms with Crippen molar-refractivity contribution in [3.8, 4) is 0 Å². The van der Waals surface area contributed by atoms with E-state index in [-0.39, 0.29) is 0 Å². The summed E-state index contributed by atoms with van der Waals surface area (Å²) in [5, 5.41) is 3.09. The van der Waals surface area contributed by atoms with Crippen LogP contribution in [0.4, 0.5) is 5.82 Å². The van der Waals surface area contributed by atoms with E-state index in [2.05, 4.69) is 60.2 Å². The average Bonchev–Trinajstić information content (AvgIpc) is 2.35. The maximum atomic E-state index is 4.60. The monoisotopic (exact) mass is 264 g/mol. The zero-order valence-electron chi connectivity index (χ0n) is 13.0. The molecule has 4 heteroatoms. The van der Waals surface area contributed by atoms with Gasteiger partial charge in [-0.15, -0.1) is 0 Å². The molecule has 0 spiro atoms. The predicted molar refractivity (Wildman–Crippen MR) is 82.5 cm³/mol. The first-order valence-corrected chi connectivity index (χ1v) is 7.02. The number of pyridine rings is 1. The van der Waals surface area contributed by atoms with Gasteiger partial charge >= 0.3 is 0 Å². The Hall–Kier alpha value is -1.13.